The molecule has 0 atom stereocenters. The third-order valence-electron chi connectivity index (χ3n) is 12.5. The molecular formula is C56H38N2OSi. The van der Waals surface area contributed by atoms with Crippen LogP contribution in [0.4, 0.5) is 0 Å². The topological polar surface area (TPSA) is 23.0 Å². The number of hydrogen-bond donors (Lipinski definition) is 0. The van der Waals surface area contributed by atoms with Gasteiger partial charge in [0.2, 0.25) is 5.71 Å². The first-order chi connectivity index (χ1) is 29.8. The summed E-state index contributed by atoms with van der Waals surface area (Å²) in [5.74, 6) is 0. The van der Waals surface area contributed by atoms with E-state index in [4.69, 9.17) is 4.42 Å². The Labute approximate surface area is 348 Å². The molecule has 0 aliphatic heterocycles. The number of fused-ring (bicyclic) bond motifs is 8. The zero-order chi connectivity index (χ0) is 39.6. The minimum absolute atomic E-state index is 0.861. The second kappa shape index (κ2) is 13.7. The van der Waals surface area contributed by atoms with Gasteiger partial charge in [0.1, 0.15) is 5.58 Å². The van der Waals surface area contributed by atoms with Crippen LogP contribution in [0.15, 0.2) is 235 Å². The highest BCUT2D eigenvalue weighted by Crippen LogP contribution is 2.43. The molecule has 3 nitrogen and oxygen atoms in total. The van der Waals surface area contributed by atoms with Gasteiger partial charge >= 0.3 is 0 Å². The highest BCUT2D eigenvalue weighted by molar-refractivity contribution is 7.20. The molecule has 0 saturated heterocycles. The van der Waals surface area contributed by atoms with E-state index in [1.54, 1.807) is 0 Å². The van der Waals surface area contributed by atoms with Gasteiger partial charge in [-0.25, -0.2) is 0 Å². The Morgan fingerprint density at radius 2 is 0.900 bits per heavy atom. The fourth-order valence-corrected chi connectivity index (χ4v) is 14.7. The molecule has 0 radical (unpaired) electrons. The fraction of sp³-hybridized carbons (Fsp3) is 0. The number of aromatic nitrogens is 2. The molecule has 0 amide bonds. The molecule has 4 heteroatoms. The summed E-state index contributed by atoms with van der Waals surface area (Å²) in [5.41, 5.74) is 9.75. The van der Waals surface area contributed by atoms with Crippen LogP contribution in [0.2, 0.25) is 0 Å². The number of rotatable bonds is 7. The lowest BCUT2D eigenvalue weighted by atomic mass is 10.0. The van der Waals surface area contributed by atoms with Crippen molar-refractivity contribution in [1.82, 2.24) is 9.13 Å². The maximum Gasteiger partial charge on any atom is 0.213 e. The maximum absolute atomic E-state index is 6.67. The third kappa shape index (κ3) is 5.08. The van der Waals surface area contributed by atoms with Crippen LogP contribution in [0.25, 0.3) is 77.3 Å². The first-order valence-electron chi connectivity index (χ1n) is 20.6. The van der Waals surface area contributed by atoms with E-state index in [-0.39, 0.29) is 0 Å². The predicted octanol–water partition coefficient (Wildman–Crippen LogP) is 11.7. The molecular weight excluding hydrogens is 745 g/mol. The lowest BCUT2D eigenvalue weighted by molar-refractivity contribution is 0.645. The summed E-state index contributed by atoms with van der Waals surface area (Å²) in [4.78, 5) is 0. The Morgan fingerprint density at radius 3 is 1.60 bits per heavy atom. The Morgan fingerprint density at radius 1 is 0.350 bits per heavy atom. The first-order valence-corrected chi connectivity index (χ1v) is 22.6. The Hall–Kier alpha value is -7.66. The van der Waals surface area contributed by atoms with Gasteiger partial charge in [0.05, 0.1) is 21.9 Å². The normalized spacial score (nSPS) is 12.0. The molecule has 12 rings (SSSR count). The summed E-state index contributed by atoms with van der Waals surface area (Å²) in [5, 5.41) is 11.4. The minimum atomic E-state index is -2.73. The van der Waals surface area contributed by atoms with Gasteiger partial charge in [0, 0.05) is 38.5 Å². The summed E-state index contributed by atoms with van der Waals surface area (Å²) in [6.07, 6.45) is 0. The van der Waals surface area contributed by atoms with Crippen LogP contribution in [0.3, 0.4) is 0 Å². The van der Waals surface area contributed by atoms with E-state index in [9.17, 15) is 0 Å². The van der Waals surface area contributed by atoms with Crippen molar-refractivity contribution in [3.05, 3.63) is 231 Å². The highest BCUT2D eigenvalue weighted by atomic mass is 28.3. The lowest BCUT2D eigenvalue weighted by Crippen LogP contribution is -2.74. The molecule has 0 spiro atoms. The van der Waals surface area contributed by atoms with E-state index >= 15 is 0 Å². The van der Waals surface area contributed by atoms with E-state index in [2.05, 4.69) is 234 Å². The molecule has 0 aliphatic carbocycles. The summed E-state index contributed by atoms with van der Waals surface area (Å²) in [6, 6.07) is 84.4. The molecule has 3 heterocycles. The SMILES string of the molecule is c1ccc(-n2c3oc4ccccc4c3c3cccc(-c4cccc(-n5c6ccccc6c6cc([Si](c7ccccc7)(c7ccccc7)c7ccccc7)ccc65)c4)c32)cc1. The molecule has 282 valence electrons. The van der Waals surface area contributed by atoms with Gasteiger partial charge in [-0.1, -0.05) is 188 Å². The Kier molecular flexibility index (Phi) is 7.87. The molecule has 0 aliphatic rings. The second-order valence-electron chi connectivity index (χ2n) is 15.6. The van der Waals surface area contributed by atoms with Crippen molar-refractivity contribution in [2.24, 2.45) is 0 Å². The van der Waals surface area contributed by atoms with Gasteiger partial charge in [0.25, 0.3) is 0 Å². The van der Waals surface area contributed by atoms with Crippen LogP contribution >= 0.6 is 0 Å². The van der Waals surface area contributed by atoms with E-state index in [1.807, 2.05) is 6.07 Å². The summed E-state index contributed by atoms with van der Waals surface area (Å²) < 4.78 is 11.4. The number of nitrogens with zero attached hydrogens (tertiary/aromatic N) is 2. The van der Waals surface area contributed by atoms with Gasteiger partial charge in [0.15, 0.2) is 8.07 Å². The maximum atomic E-state index is 6.67. The van der Waals surface area contributed by atoms with Crippen molar-refractivity contribution < 1.29 is 4.42 Å². The van der Waals surface area contributed by atoms with Crippen molar-refractivity contribution in [1.29, 1.82) is 0 Å². The zero-order valence-corrected chi connectivity index (χ0v) is 33.7. The van der Waals surface area contributed by atoms with E-state index in [1.165, 1.54) is 47.9 Å². The molecule has 0 N–H and O–H groups in total. The molecule has 0 unspecified atom stereocenters. The quantitative estimate of drug-likeness (QED) is 0.117. The first kappa shape index (κ1) is 34.4. The number of benzene rings is 9. The van der Waals surface area contributed by atoms with Crippen molar-refractivity contribution in [3.8, 4) is 22.5 Å². The zero-order valence-electron chi connectivity index (χ0n) is 32.7. The minimum Gasteiger partial charge on any atom is -0.439 e. The largest absolute Gasteiger partial charge is 0.439 e. The van der Waals surface area contributed by atoms with Gasteiger partial charge in [-0.2, -0.15) is 0 Å². The number of hydrogen-bond acceptors (Lipinski definition) is 1. The van der Waals surface area contributed by atoms with Crippen LogP contribution in [0, 0.1) is 0 Å². The van der Waals surface area contributed by atoms with Gasteiger partial charge in [-0.15, -0.1) is 0 Å². The van der Waals surface area contributed by atoms with Crippen LogP contribution in [-0.2, 0) is 0 Å². The van der Waals surface area contributed by atoms with E-state index in [0.29, 0.717) is 0 Å². The van der Waals surface area contributed by atoms with Crippen LogP contribution in [0.5, 0.6) is 0 Å². The van der Waals surface area contributed by atoms with Crippen LogP contribution in [-0.4, -0.2) is 17.2 Å². The molecule has 3 aromatic heterocycles. The predicted molar refractivity (Wildman–Crippen MR) is 254 cm³/mol. The van der Waals surface area contributed by atoms with Crippen LogP contribution in [0.1, 0.15) is 0 Å². The number of para-hydroxylation sites is 4. The summed E-state index contributed by atoms with van der Waals surface area (Å²) in [7, 11) is -2.73. The fourth-order valence-electron chi connectivity index (χ4n) is 9.96. The molecule has 0 bridgehead atoms. The van der Waals surface area contributed by atoms with Crippen molar-refractivity contribution in [2.45, 2.75) is 0 Å². The Bertz CT molecular complexity index is 3430. The third-order valence-corrected chi connectivity index (χ3v) is 17.2. The summed E-state index contributed by atoms with van der Waals surface area (Å²) in [6.45, 7) is 0. The van der Waals surface area contributed by atoms with Gasteiger partial charge in [-0.3, -0.25) is 4.57 Å². The van der Waals surface area contributed by atoms with E-state index < -0.39 is 8.07 Å². The molecule has 0 fully saturated rings. The molecule has 9 aromatic carbocycles. The van der Waals surface area contributed by atoms with Gasteiger partial charge < -0.3 is 8.98 Å². The smallest absolute Gasteiger partial charge is 0.213 e. The second-order valence-corrected chi connectivity index (χ2v) is 19.4. The summed E-state index contributed by atoms with van der Waals surface area (Å²) >= 11 is 0. The monoisotopic (exact) mass is 782 g/mol. The lowest BCUT2D eigenvalue weighted by Gasteiger charge is -2.34. The van der Waals surface area contributed by atoms with Gasteiger partial charge in [-0.05, 0) is 68.8 Å². The molecule has 60 heavy (non-hydrogen) atoms. The van der Waals surface area contributed by atoms with Crippen LogP contribution < -0.4 is 20.7 Å². The number of furan rings is 1. The van der Waals surface area contributed by atoms with Crippen molar-refractivity contribution >= 4 is 83.6 Å². The highest BCUT2D eigenvalue weighted by Gasteiger charge is 2.41. The van der Waals surface area contributed by atoms with E-state index in [0.717, 1.165) is 50.1 Å². The molecule has 0 saturated carbocycles. The van der Waals surface area contributed by atoms with Crippen molar-refractivity contribution in [3.63, 3.8) is 0 Å². The average molecular weight is 783 g/mol. The average Bonchev–Trinajstić information content (AvgIpc) is 3.98. The molecule has 12 aromatic rings. The van der Waals surface area contributed by atoms with Crippen molar-refractivity contribution in [2.75, 3.05) is 0 Å². The standard InChI is InChI=1S/C56H38N2OSi/c1-5-20-40(21-6-1)58-55-46(31-18-32-49(55)54-48-30-14-16-34-53(48)59-56(54)58)39-19-17-22-41(37-39)57-51-33-15-13-29-47(51)50-38-45(35-36-52(50)57)60(42-23-7-2-8-24-42,43-25-9-3-10-26-43)44-27-11-4-12-28-44/h1-38H. The Balaban J connectivity index is 1.09.